The molecule has 0 heterocycles. The zero-order chi connectivity index (χ0) is 6.41. The largest absolute Gasteiger partial charge is 0.481 e. The summed E-state index contributed by atoms with van der Waals surface area (Å²) in [7, 11) is 0. The van der Waals surface area contributed by atoms with Crippen LogP contribution in [0.2, 0.25) is 0 Å². The number of aliphatic carboxylic acids is 1. The molecule has 0 atom stereocenters. The number of hydrogen-bond acceptors (Lipinski definition) is 1. The fourth-order valence-electron chi connectivity index (χ4n) is 0.328. The Morgan fingerprint density at radius 2 is 2.38 bits per heavy atom. The maximum absolute atomic E-state index is 9.79. The minimum atomic E-state index is -0.805. The van der Waals surface area contributed by atoms with Crippen LogP contribution in [0.15, 0.2) is 0 Å². The summed E-state index contributed by atoms with van der Waals surface area (Å²) in [4.78, 5) is 9.79. The van der Waals surface area contributed by atoms with E-state index in [0.29, 0.717) is 12.8 Å². The van der Waals surface area contributed by atoms with Gasteiger partial charge >= 0.3 is 5.97 Å². The van der Waals surface area contributed by atoms with Gasteiger partial charge in [-0.15, -0.1) is 0 Å². The van der Waals surface area contributed by atoms with Crippen LogP contribution in [0.25, 0.3) is 0 Å². The van der Waals surface area contributed by atoms with E-state index in [4.69, 9.17) is 11.5 Å². The van der Waals surface area contributed by atoms with Crippen molar-refractivity contribution in [3.63, 3.8) is 0 Å². The Bertz CT molecular complexity index is 110. The van der Waals surface area contributed by atoms with E-state index in [0.717, 1.165) is 0 Å². The topological polar surface area (TPSA) is 37.3 Å². The molecule has 0 bridgehead atoms. The third-order valence-corrected chi connectivity index (χ3v) is 0.692. The van der Waals surface area contributed by atoms with E-state index in [1.54, 1.807) is 0 Å². The summed E-state index contributed by atoms with van der Waals surface area (Å²) in [5, 5.41) is 8.05. The first-order valence-electron chi connectivity index (χ1n) is 2.38. The summed E-state index contributed by atoms with van der Waals surface area (Å²) >= 11 is 0. The zero-order valence-corrected chi connectivity index (χ0v) is 4.48. The Balaban J connectivity index is 2.97. The monoisotopic (exact) mass is 111 g/mol. The third-order valence-electron chi connectivity index (χ3n) is 0.692. The molecule has 0 aliphatic rings. The molecule has 2 heteroatoms. The molecule has 0 aromatic heterocycles. The van der Waals surface area contributed by atoms with Crippen LogP contribution >= 0.6 is 0 Å². The highest BCUT2D eigenvalue weighted by molar-refractivity contribution is 5.66. The van der Waals surface area contributed by atoms with Gasteiger partial charge in [0.05, 0.1) is 0 Å². The van der Waals surface area contributed by atoms with Crippen molar-refractivity contribution in [3.05, 3.63) is 6.42 Å². The van der Waals surface area contributed by atoms with E-state index < -0.39 is 5.97 Å². The van der Waals surface area contributed by atoms with Crippen molar-refractivity contribution >= 4 is 5.97 Å². The smallest absolute Gasteiger partial charge is 0.303 e. The SMILES string of the molecule is [C]#CCCCC(=O)O. The summed E-state index contributed by atoms with van der Waals surface area (Å²) in [6, 6.07) is 0. The Morgan fingerprint density at radius 1 is 1.75 bits per heavy atom. The molecular weight excluding hydrogens is 104 g/mol. The van der Waals surface area contributed by atoms with E-state index in [2.05, 4.69) is 5.92 Å². The first-order chi connectivity index (χ1) is 3.77. The second-order valence-electron chi connectivity index (χ2n) is 1.42. The Hall–Kier alpha value is -0.970. The minimum Gasteiger partial charge on any atom is -0.481 e. The van der Waals surface area contributed by atoms with Crippen LogP contribution < -0.4 is 0 Å². The molecule has 0 spiro atoms. The summed E-state index contributed by atoms with van der Waals surface area (Å²) < 4.78 is 0. The maximum atomic E-state index is 9.79. The lowest BCUT2D eigenvalue weighted by atomic mass is 10.2. The summed E-state index contributed by atoms with van der Waals surface area (Å²) in [6.45, 7) is 0. The van der Waals surface area contributed by atoms with E-state index in [1.807, 2.05) is 0 Å². The molecule has 0 aromatic rings. The van der Waals surface area contributed by atoms with Crippen molar-refractivity contribution in [2.45, 2.75) is 19.3 Å². The van der Waals surface area contributed by atoms with Crippen LogP contribution in [0.4, 0.5) is 0 Å². The van der Waals surface area contributed by atoms with E-state index in [9.17, 15) is 4.79 Å². The molecule has 0 saturated carbocycles. The first-order valence-corrected chi connectivity index (χ1v) is 2.38. The van der Waals surface area contributed by atoms with Crippen molar-refractivity contribution in [1.82, 2.24) is 0 Å². The second-order valence-corrected chi connectivity index (χ2v) is 1.42. The highest BCUT2D eigenvalue weighted by atomic mass is 16.4. The van der Waals surface area contributed by atoms with Gasteiger partial charge in [0.1, 0.15) is 0 Å². The normalized spacial score (nSPS) is 7.88. The average Bonchev–Trinajstić information content (AvgIpc) is 1.66. The van der Waals surface area contributed by atoms with Crippen molar-refractivity contribution in [3.8, 4) is 5.92 Å². The highest BCUT2D eigenvalue weighted by Gasteiger charge is 1.92. The molecule has 0 unspecified atom stereocenters. The third kappa shape index (κ3) is 5.03. The Kier molecular flexibility index (Phi) is 3.69. The molecule has 0 fully saturated rings. The van der Waals surface area contributed by atoms with Crippen LogP contribution in [0.5, 0.6) is 0 Å². The fourth-order valence-corrected chi connectivity index (χ4v) is 0.328. The molecule has 8 heavy (non-hydrogen) atoms. The van der Waals surface area contributed by atoms with Gasteiger partial charge in [0.2, 0.25) is 0 Å². The summed E-state index contributed by atoms with van der Waals surface area (Å²) in [5.41, 5.74) is 0. The van der Waals surface area contributed by atoms with E-state index >= 15 is 0 Å². The van der Waals surface area contributed by atoms with Gasteiger partial charge in [-0.2, -0.15) is 0 Å². The van der Waals surface area contributed by atoms with Crippen molar-refractivity contribution in [2.24, 2.45) is 0 Å². The standard InChI is InChI=1S/C6H7O2/c1-2-3-4-5-6(7)8/h3-5H2,(H,7,8). The predicted octanol–water partition coefficient (Wildman–Crippen LogP) is 0.831. The molecule has 0 aliphatic heterocycles. The van der Waals surface area contributed by atoms with Crippen molar-refractivity contribution < 1.29 is 9.90 Å². The van der Waals surface area contributed by atoms with Gasteiger partial charge in [0.25, 0.3) is 0 Å². The van der Waals surface area contributed by atoms with Gasteiger partial charge in [-0.3, -0.25) is 4.79 Å². The van der Waals surface area contributed by atoms with Gasteiger partial charge in [-0.1, -0.05) is 5.92 Å². The number of carbonyl (C=O) groups is 1. The maximum Gasteiger partial charge on any atom is 0.303 e. The number of carboxylic acid groups (broad SMARTS) is 1. The first kappa shape index (κ1) is 7.03. The van der Waals surface area contributed by atoms with Crippen LogP contribution in [0.1, 0.15) is 19.3 Å². The van der Waals surface area contributed by atoms with Gasteiger partial charge in [0.15, 0.2) is 0 Å². The minimum absolute atomic E-state index is 0.145. The molecular formula is C6H7O2. The van der Waals surface area contributed by atoms with Crippen LogP contribution in [-0.2, 0) is 4.79 Å². The van der Waals surface area contributed by atoms with Gasteiger partial charge < -0.3 is 5.11 Å². The average molecular weight is 111 g/mol. The Labute approximate surface area is 48.5 Å². The highest BCUT2D eigenvalue weighted by Crippen LogP contribution is 1.91. The summed E-state index contributed by atoms with van der Waals surface area (Å²) in [6.07, 6.45) is 7.53. The van der Waals surface area contributed by atoms with Crippen molar-refractivity contribution in [2.75, 3.05) is 0 Å². The number of hydrogen-bond donors (Lipinski definition) is 1. The molecule has 1 N–H and O–H groups in total. The molecule has 1 radical (unpaired) electrons. The molecule has 0 rings (SSSR count). The quantitative estimate of drug-likeness (QED) is 0.432. The molecule has 0 aliphatic carbocycles. The molecule has 0 saturated heterocycles. The molecule has 0 aromatic carbocycles. The lowest BCUT2D eigenvalue weighted by Gasteiger charge is -1.85. The molecule has 43 valence electrons. The van der Waals surface area contributed by atoms with Crippen LogP contribution in [0, 0.1) is 12.3 Å². The number of unbranched alkanes of at least 4 members (excludes halogenated alkanes) is 1. The fraction of sp³-hybridized carbons (Fsp3) is 0.500. The van der Waals surface area contributed by atoms with E-state index in [-0.39, 0.29) is 6.42 Å². The molecule has 2 nitrogen and oxygen atoms in total. The van der Waals surface area contributed by atoms with Crippen LogP contribution in [0.3, 0.4) is 0 Å². The summed E-state index contributed by atoms with van der Waals surface area (Å²) in [5.74, 6) is 1.30. The second kappa shape index (κ2) is 4.20. The zero-order valence-electron chi connectivity index (χ0n) is 4.48. The van der Waals surface area contributed by atoms with Crippen molar-refractivity contribution in [1.29, 1.82) is 0 Å². The van der Waals surface area contributed by atoms with Crippen LogP contribution in [-0.4, -0.2) is 11.1 Å². The van der Waals surface area contributed by atoms with E-state index in [1.165, 1.54) is 0 Å². The van der Waals surface area contributed by atoms with Gasteiger partial charge in [-0.05, 0) is 12.8 Å². The van der Waals surface area contributed by atoms with Gasteiger partial charge in [-0.25, -0.2) is 0 Å². The Morgan fingerprint density at radius 3 is 2.75 bits per heavy atom. The number of rotatable bonds is 3. The lowest BCUT2D eigenvalue weighted by Crippen LogP contribution is -1.92. The predicted molar refractivity (Wildman–Crippen MR) is 28.6 cm³/mol. The molecule has 0 amide bonds. The lowest BCUT2D eigenvalue weighted by molar-refractivity contribution is -0.137. The van der Waals surface area contributed by atoms with Gasteiger partial charge in [0, 0.05) is 12.8 Å². The number of carboxylic acids is 1.